The minimum Gasteiger partial charge on any atom is -0.444 e. The lowest BCUT2D eigenvalue weighted by Crippen LogP contribution is -2.54. The number of hydrogen-bond donors (Lipinski definition) is 0. The van der Waals surface area contributed by atoms with E-state index in [0.717, 1.165) is 0 Å². The van der Waals surface area contributed by atoms with Crippen LogP contribution in [0.1, 0.15) is 27.7 Å². The Morgan fingerprint density at radius 2 is 2.04 bits per heavy atom. The molecular weight excluding hydrogens is 350 g/mol. The largest absolute Gasteiger partial charge is 0.444 e. The van der Waals surface area contributed by atoms with Gasteiger partial charge in [-0.1, -0.05) is 0 Å². The van der Waals surface area contributed by atoms with Crippen molar-refractivity contribution in [3.63, 3.8) is 0 Å². The van der Waals surface area contributed by atoms with Crippen LogP contribution in [-0.2, 0) is 4.74 Å². The highest BCUT2D eigenvalue weighted by molar-refractivity contribution is 5.78. The van der Waals surface area contributed by atoms with Crippen LogP contribution in [0, 0.1) is 10.1 Å². The van der Waals surface area contributed by atoms with Gasteiger partial charge in [-0.2, -0.15) is 0 Å². The average molecular weight is 373 g/mol. The average Bonchev–Trinajstić information content (AvgIpc) is 2.59. The summed E-state index contributed by atoms with van der Waals surface area (Å²) in [4.78, 5) is 35.4. The molecule has 0 saturated carbocycles. The second-order valence-electron chi connectivity index (χ2n) is 7.63. The maximum absolute atomic E-state index is 12.3. The molecule has 0 N–H and O–H groups in total. The molecule has 0 spiro atoms. The maximum Gasteiger partial charge on any atom is 0.410 e. The number of nitro groups is 1. The molecule has 2 heterocycles. The fourth-order valence-electron chi connectivity index (χ4n) is 3.03. The van der Waals surface area contributed by atoms with E-state index < -0.39 is 10.5 Å². The van der Waals surface area contributed by atoms with E-state index >= 15 is 0 Å². The molecule has 9 nitrogen and oxygen atoms in total. The number of nitrogens with zero attached hydrogens (tertiary/aromatic N) is 5. The summed E-state index contributed by atoms with van der Waals surface area (Å²) in [6, 6.07) is 4.47. The van der Waals surface area contributed by atoms with Crippen LogP contribution in [0.4, 0.5) is 16.3 Å². The number of anilines is 1. The van der Waals surface area contributed by atoms with Crippen molar-refractivity contribution >= 4 is 28.6 Å². The molecule has 9 heteroatoms. The van der Waals surface area contributed by atoms with Gasteiger partial charge in [0.1, 0.15) is 11.4 Å². The summed E-state index contributed by atoms with van der Waals surface area (Å²) in [5.74, 6) is 0.688. The standard InChI is InChI=1S/C18H23N5O4/c1-12-11-21(17(24)27-18(2,3)4)7-8-22(12)16-10-19-15-9-13(23(25)26)5-6-14(15)20-16/h5-6,9-10,12H,7-8,11H2,1-4H3. The number of amides is 1. The van der Waals surface area contributed by atoms with Gasteiger partial charge in [-0.25, -0.2) is 9.78 Å². The molecule has 1 atom stereocenters. The SMILES string of the molecule is CC1CN(C(=O)OC(C)(C)C)CCN1c1cnc2cc([N+](=O)[O-])ccc2n1. The van der Waals surface area contributed by atoms with E-state index in [0.29, 0.717) is 36.5 Å². The predicted molar refractivity (Wildman–Crippen MR) is 101 cm³/mol. The highest BCUT2D eigenvalue weighted by Gasteiger charge is 2.30. The Bertz CT molecular complexity index is 880. The molecule has 1 aliphatic heterocycles. The van der Waals surface area contributed by atoms with Gasteiger partial charge in [0.15, 0.2) is 0 Å². The first-order valence-corrected chi connectivity index (χ1v) is 8.80. The molecule has 1 saturated heterocycles. The minimum atomic E-state index is -0.524. The van der Waals surface area contributed by atoms with Crippen LogP contribution in [-0.4, -0.2) is 57.2 Å². The molecule has 0 bridgehead atoms. The van der Waals surface area contributed by atoms with Crippen LogP contribution in [0.3, 0.4) is 0 Å². The first-order chi connectivity index (χ1) is 12.6. The number of nitro benzene ring substituents is 1. The molecule has 1 unspecified atom stereocenters. The van der Waals surface area contributed by atoms with Gasteiger partial charge >= 0.3 is 6.09 Å². The number of rotatable bonds is 2. The Balaban J connectivity index is 1.75. The van der Waals surface area contributed by atoms with Crippen molar-refractivity contribution in [3.05, 3.63) is 34.5 Å². The Morgan fingerprint density at radius 3 is 2.67 bits per heavy atom. The maximum atomic E-state index is 12.3. The van der Waals surface area contributed by atoms with Gasteiger partial charge in [-0.05, 0) is 33.8 Å². The van der Waals surface area contributed by atoms with E-state index in [1.807, 2.05) is 27.7 Å². The van der Waals surface area contributed by atoms with Gasteiger partial charge in [0.25, 0.3) is 5.69 Å². The molecule has 3 rings (SSSR count). The second-order valence-corrected chi connectivity index (χ2v) is 7.63. The fourth-order valence-corrected chi connectivity index (χ4v) is 3.03. The van der Waals surface area contributed by atoms with Crippen LogP contribution in [0.2, 0.25) is 0 Å². The monoisotopic (exact) mass is 373 g/mol. The van der Waals surface area contributed by atoms with Gasteiger partial charge < -0.3 is 14.5 Å². The number of benzene rings is 1. The third-order valence-corrected chi connectivity index (χ3v) is 4.30. The van der Waals surface area contributed by atoms with E-state index in [9.17, 15) is 14.9 Å². The van der Waals surface area contributed by atoms with Gasteiger partial charge in [-0.15, -0.1) is 0 Å². The number of hydrogen-bond acceptors (Lipinski definition) is 7. The number of aromatic nitrogens is 2. The summed E-state index contributed by atoms with van der Waals surface area (Å²) in [7, 11) is 0. The second kappa shape index (κ2) is 6.98. The highest BCUT2D eigenvalue weighted by atomic mass is 16.6. The van der Waals surface area contributed by atoms with Crippen molar-refractivity contribution in [1.29, 1.82) is 0 Å². The summed E-state index contributed by atoms with van der Waals surface area (Å²) < 4.78 is 5.44. The summed E-state index contributed by atoms with van der Waals surface area (Å²) in [6.45, 7) is 9.21. The van der Waals surface area contributed by atoms with Crippen LogP contribution in [0.15, 0.2) is 24.4 Å². The summed E-state index contributed by atoms with van der Waals surface area (Å²) in [6.07, 6.45) is 1.30. The smallest absolute Gasteiger partial charge is 0.410 e. The predicted octanol–water partition coefficient (Wildman–Crippen LogP) is 2.98. The number of ether oxygens (including phenoxy) is 1. The molecule has 27 heavy (non-hydrogen) atoms. The van der Waals surface area contributed by atoms with E-state index in [-0.39, 0.29) is 17.8 Å². The molecule has 144 valence electrons. The van der Waals surface area contributed by atoms with Gasteiger partial charge in [0, 0.05) is 37.8 Å². The van der Waals surface area contributed by atoms with Gasteiger partial charge in [0.2, 0.25) is 0 Å². The van der Waals surface area contributed by atoms with Crippen molar-refractivity contribution < 1.29 is 14.5 Å². The fraction of sp³-hybridized carbons (Fsp3) is 0.500. The Labute approximate surface area is 157 Å². The van der Waals surface area contributed by atoms with Crippen molar-refractivity contribution in [2.45, 2.75) is 39.3 Å². The molecular formula is C18H23N5O4. The molecule has 0 aliphatic carbocycles. The van der Waals surface area contributed by atoms with Crippen LogP contribution < -0.4 is 4.90 Å². The van der Waals surface area contributed by atoms with E-state index in [1.165, 1.54) is 12.1 Å². The van der Waals surface area contributed by atoms with Crippen molar-refractivity contribution in [2.75, 3.05) is 24.5 Å². The first-order valence-electron chi connectivity index (χ1n) is 8.80. The molecule has 1 amide bonds. The molecule has 2 aromatic rings. The van der Waals surface area contributed by atoms with Crippen molar-refractivity contribution in [2.24, 2.45) is 0 Å². The molecule has 1 fully saturated rings. The Hall–Kier alpha value is -2.97. The lowest BCUT2D eigenvalue weighted by molar-refractivity contribution is -0.384. The Kier molecular flexibility index (Phi) is 4.86. The van der Waals surface area contributed by atoms with E-state index in [1.54, 1.807) is 17.2 Å². The van der Waals surface area contributed by atoms with Crippen molar-refractivity contribution in [1.82, 2.24) is 14.9 Å². The van der Waals surface area contributed by atoms with Gasteiger partial charge in [-0.3, -0.25) is 15.1 Å². The molecule has 1 aromatic carbocycles. The zero-order valence-electron chi connectivity index (χ0n) is 15.9. The number of fused-ring (bicyclic) bond motifs is 1. The summed E-state index contributed by atoms with van der Waals surface area (Å²) >= 11 is 0. The van der Waals surface area contributed by atoms with Crippen LogP contribution in [0.5, 0.6) is 0 Å². The number of piperazine rings is 1. The lowest BCUT2D eigenvalue weighted by atomic mass is 10.2. The number of carbonyl (C=O) groups excluding carboxylic acids is 1. The zero-order valence-corrected chi connectivity index (χ0v) is 15.9. The number of non-ortho nitro benzene ring substituents is 1. The zero-order chi connectivity index (χ0) is 19.8. The van der Waals surface area contributed by atoms with Crippen LogP contribution >= 0.6 is 0 Å². The topological polar surface area (TPSA) is 102 Å². The molecule has 0 radical (unpaired) electrons. The third kappa shape index (κ3) is 4.24. The quantitative estimate of drug-likeness (QED) is 0.589. The highest BCUT2D eigenvalue weighted by Crippen LogP contribution is 2.23. The summed E-state index contributed by atoms with van der Waals surface area (Å²) in [5, 5.41) is 10.9. The molecule has 1 aromatic heterocycles. The summed E-state index contributed by atoms with van der Waals surface area (Å²) in [5.41, 5.74) is 0.543. The van der Waals surface area contributed by atoms with E-state index in [2.05, 4.69) is 14.9 Å². The lowest BCUT2D eigenvalue weighted by Gasteiger charge is -2.40. The third-order valence-electron chi connectivity index (χ3n) is 4.30. The number of carbonyl (C=O) groups is 1. The van der Waals surface area contributed by atoms with Crippen molar-refractivity contribution in [3.8, 4) is 0 Å². The van der Waals surface area contributed by atoms with Gasteiger partial charge in [0.05, 0.1) is 22.2 Å². The van der Waals surface area contributed by atoms with E-state index in [4.69, 9.17) is 4.74 Å². The molecule has 1 aliphatic rings. The normalized spacial score (nSPS) is 17.9. The Morgan fingerprint density at radius 1 is 1.30 bits per heavy atom. The first kappa shape index (κ1) is 18.8. The minimum absolute atomic E-state index is 0.0103. The van der Waals surface area contributed by atoms with Crippen LogP contribution in [0.25, 0.3) is 11.0 Å².